The number of fused-ring (bicyclic) bond motifs is 1. The average Bonchev–Trinajstić information content (AvgIpc) is 2.97. The highest BCUT2D eigenvalue weighted by molar-refractivity contribution is 6.43. The van der Waals surface area contributed by atoms with E-state index in [0.717, 1.165) is 74.7 Å². The molecule has 10 heteroatoms. The summed E-state index contributed by atoms with van der Waals surface area (Å²) in [4.78, 5) is 21.2. The highest BCUT2D eigenvalue weighted by atomic mass is 35.5. The third-order valence-corrected chi connectivity index (χ3v) is 8.51. The van der Waals surface area contributed by atoms with Crippen LogP contribution in [0.1, 0.15) is 45.6 Å². The van der Waals surface area contributed by atoms with Crippen LogP contribution < -0.4 is 9.64 Å². The van der Waals surface area contributed by atoms with Crippen LogP contribution in [0, 0.1) is 11.8 Å². The van der Waals surface area contributed by atoms with Crippen LogP contribution in [0.3, 0.4) is 0 Å². The minimum absolute atomic E-state index is 0.220. The van der Waals surface area contributed by atoms with E-state index in [9.17, 15) is 4.79 Å². The SMILES string of the molecule is CC(C)C(C)COC(=O)OCOC1=Nc2cc(OCCCCN3CCN(c4cccc(Cl)c4Cl)CC3)ccc2CC1. The van der Waals surface area contributed by atoms with Gasteiger partial charge in [0, 0.05) is 38.7 Å². The van der Waals surface area contributed by atoms with E-state index in [1.165, 1.54) is 0 Å². The molecule has 0 aliphatic carbocycles. The van der Waals surface area contributed by atoms with Gasteiger partial charge in [-0.1, -0.05) is 56.1 Å². The molecule has 0 saturated carbocycles. The Kier molecular flexibility index (Phi) is 11.8. The van der Waals surface area contributed by atoms with Gasteiger partial charge in [0.15, 0.2) is 5.90 Å². The number of unbranched alkanes of at least 4 members (excludes halogenated alkanes) is 1. The van der Waals surface area contributed by atoms with Crippen molar-refractivity contribution in [1.82, 2.24) is 4.90 Å². The molecule has 224 valence electrons. The van der Waals surface area contributed by atoms with Crippen molar-refractivity contribution in [2.45, 2.75) is 46.5 Å². The van der Waals surface area contributed by atoms with E-state index in [-0.39, 0.29) is 12.7 Å². The van der Waals surface area contributed by atoms with Crippen LogP contribution in [0.5, 0.6) is 5.75 Å². The number of halogens is 2. The summed E-state index contributed by atoms with van der Waals surface area (Å²) >= 11 is 12.6. The summed E-state index contributed by atoms with van der Waals surface area (Å²) in [5, 5.41) is 1.23. The number of carbonyl (C=O) groups is 1. The minimum Gasteiger partial charge on any atom is -0.494 e. The van der Waals surface area contributed by atoms with Gasteiger partial charge in [-0.2, -0.15) is 0 Å². The lowest BCUT2D eigenvalue weighted by molar-refractivity contribution is -0.00814. The molecule has 8 nitrogen and oxygen atoms in total. The maximum atomic E-state index is 11.8. The molecule has 0 aromatic heterocycles. The first-order valence-corrected chi connectivity index (χ1v) is 15.2. The number of aliphatic imine (C=N–C) groups is 1. The van der Waals surface area contributed by atoms with Crippen LogP contribution in [-0.4, -0.2) is 69.7 Å². The first-order chi connectivity index (χ1) is 19.8. The number of carbonyl (C=O) groups excluding carboxylic acids is 1. The Bertz CT molecular complexity index is 1180. The highest BCUT2D eigenvalue weighted by Gasteiger charge is 2.20. The number of ether oxygens (including phenoxy) is 4. The fraction of sp³-hybridized carbons (Fsp3) is 0.548. The van der Waals surface area contributed by atoms with E-state index in [4.69, 9.17) is 42.1 Å². The van der Waals surface area contributed by atoms with E-state index in [1.807, 2.05) is 37.3 Å². The van der Waals surface area contributed by atoms with Gasteiger partial charge in [0.2, 0.25) is 6.79 Å². The second-order valence-electron chi connectivity index (χ2n) is 10.9. The second-order valence-corrected chi connectivity index (χ2v) is 11.7. The van der Waals surface area contributed by atoms with Crippen LogP contribution in [0.25, 0.3) is 0 Å². The van der Waals surface area contributed by atoms with Crippen molar-refractivity contribution < 1.29 is 23.7 Å². The van der Waals surface area contributed by atoms with Crippen LogP contribution in [-0.2, 0) is 20.6 Å². The summed E-state index contributed by atoms with van der Waals surface area (Å²) in [6, 6.07) is 11.8. The van der Waals surface area contributed by atoms with Crippen LogP contribution in [0.2, 0.25) is 10.0 Å². The minimum atomic E-state index is -0.727. The Morgan fingerprint density at radius 1 is 0.976 bits per heavy atom. The standard InChI is InChI=1S/C31H41Cl2N3O5/c1-22(2)23(3)20-39-31(37)41-21-40-29-12-10-24-9-11-25(19-27(24)34-29)38-18-5-4-13-35-14-16-36(17-15-35)28-8-6-7-26(32)30(28)33/h6-9,11,19,22-23H,4-5,10,12-18,20-21H2,1-3H3. The zero-order valence-electron chi connectivity index (χ0n) is 24.2. The van der Waals surface area contributed by atoms with Gasteiger partial charge in [0.25, 0.3) is 0 Å². The van der Waals surface area contributed by atoms with Gasteiger partial charge >= 0.3 is 6.16 Å². The molecule has 1 unspecified atom stereocenters. The molecule has 0 bridgehead atoms. The zero-order chi connectivity index (χ0) is 29.2. The Hall–Kier alpha value is -2.68. The van der Waals surface area contributed by atoms with Crippen molar-refractivity contribution in [2.24, 2.45) is 16.8 Å². The average molecular weight is 607 g/mol. The normalized spacial score (nSPS) is 16.1. The molecule has 1 saturated heterocycles. The Balaban J connectivity index is 1.13. The number of nitrogens with zero attached hydrogens (tertiary/aromatic N) is 3. The first kappa shape index (κ1) is 31.3. The van der Waals surface area contributed by atoms with E-state index in [2.05, 4.69) is 34.7 Å². The molecule has 1 fully saturated rings. The second kappa shape index (κ2) is 15.5. The maximum absolute atomic E-state index is 11.8. The third-order valence-electron chi connectivity index (χ3n) is 7.70. The van der Waals surface area contributed by atoms with Gasteiger partial charge < -0.3 is 23.8 Å². The predicted molar refractivity (Wildman–Crippen MR) is 164 cm³/mol. The molecule has 0 amide bonds. The molecule has 2 aromatic rings. The summed E-state index contributed by atoms with van der Waals surface area (Å²) in [7, 11) is 0. The molecule has 0 spiro atoms. The molecule has 4 rings (SSSR count). The number of rotatable bonds is 12. The quantitative estimate of drug-likeness (QED) is 0.142. The predicted octanol–water partition coefficient (Wildman–Crippen LogP) is 7.37. The van der Waals surface area contributed by atoms with Crippen LogP contribution in [0.4, 0.5) is 16.2 Å². The number of hydrogen-bond donors (Lipinski definition) is 0. The van der Waals surface area contributed by atoms with E-state index in [1.54, 1.807) is 0 Å². The van der Waals surface area contributed by atoms with Crippen molar-refractivity contribution >= 4 is 46.6 Å². The van der Waals surface area contributed by atoms with Gasteiger partial charge in [0.1, 0.15) is 5.75 Å². The van der Waals surface area contributed by atoms with Crippen LogP contribution >= 0.6 is 23.2 Å². The number of anilines is 1. The van der Waals surface area contributed by atoms with E-state index < -0.39 is 6.16 Å². The lowest BCUT2D eigenvalue weighted by Crippen LogP contribution is -2.46. The number of aryl methyl sites for hydroxylation is 1. The topological polar surface area (TPSA) is 72.8 Å². The molecule has 2 aliphatic heterocycles. The molecule has 2 heterocycles. The van der Waals surface area contributed by atoms with E-state index in [0.29, 0.717) is 41.5 Å². The maximum Gasteiger partial charge on any atom is 0.511 e. The van der Waals surface area contributed by atoms with Gasteiger partial charge in [0.05, 0.1) is 34.6 Å². The Morgan fingerprint density at radius 3 is 2.56 bits per heavy atom. The third kappa shape index (κ3) is 9.42. The fourth-order valence-corrected chi connectivity index (χ4v) is 5.06. The van der Waals surface area contributed by atoms with Crippen molar-refractivity contribution in [1.29, 1.82) is 0 Å². The van der Waals surface area contributed by atoms with Crippen molar-refractivity contribution in [2.75, 3.05) is 57.6 Å². The zero-order valence-corrected chi connectivity index (χ0v) is 25.8. The Labute approximate surface area is 253 Å². The van der Waals surface area contributed by atoms with Gasteiger partial charge in [-0.25, -0.2) is 9.79 Å². The smallest absolute Gasteiger partial charge is 0.494 e. The molecular weight excluding hydrogens is 565 g/mol. The first-order valence-electron chi connectivity index (χ1n) is 14.5. The molecule has 0 radical (unpaired) electrons. The van der Waals surface area contributed by atoms with E-state index >= 15 is 0 Å². The largest absolute Gasteiger partial charge is 0.511 e. The summed E-state index contributed by atoms with van der Waals surface area (Å²) in [5.74, 6) is 2.02. The summed E-state index contributed by atoms with van der Waals surface area (Å²) < 4.78 is 21.8. The monoisotopic (exact) mass is 605 g/mol. The van der Waals surface area contributed by atoms with Crippen molar-refractivity contribution in [3.63, 3.8) is 0 Å². The highest BCUT2D eigenvalue weighted by Crippen LogP contribution is 2.33. The molecule has 2 aliphatic rings. The summed E-state index contributed by atoms with van der Waals surface area (Å²) in [5.41, 5.74) is 2.99. The van der Waals surface area contributed by atoms with Gasteiger partial charge in [-0.15, -0.1) is 0 Å². The lowest BCUT2D eigenvalue weighted by atomic mass is 10.00. The molecule has 0 N–H and O–H groups in total. The van der Waals surface area contributed by atoms with Gasteiger partial charge in [-0.05, 0) is 61.4 Å². The van der Waals surface area contributed by atoms with Crippen molar-refractivity contribution in [3.05, 3.63) is 52.0 Å². The Morgan fingerprint density at radius 2 is 1.78 bits per heavy atom. The number of benzene rings is 2. The lowest BCUT2D eigenvalue weighted by Gasteiger charge is -2.36. The van der Waals surface area contributed by atoms with Gasteiger partial charge in [-0.3, -0.25) is 4.90 Å². The summed E-state index contributed by atoms with van der Waals surface area (Å²) in [6.07, 6.45) is 2.77. The van der Waals surface area contributed by atoms with Crippen molar-refractivity contribution in [3.8, 4) is 5.75 Å². The fourth-order valence-electron chi connectivity index (χ4n) is 4.64. The number of hydrogen-bond acceptors (Lipinski definition) is 8. The molecule has 2 aromatic carbocycles. The van der Waals surface area contributed by atoms with Crippen LogP contribution in [0.15, 0.2) is 41.4 Å². The molecule has 41 heavy (non-hydrogen) atoms. The molecule has 1 atom stereocenters. The number of piperazine rings is 1. The molecular formula is C31H41Cl2N3O5. The summed E-state index contributed by atoms with van der Waals surface area (Å²) in [6.45, 7) is 11.9.